The van der Waals surface area contributed by atoms with E-state index in [1.807, 2.05) is 48.8 Å². The van der Waals surface area contributed by atoms with E-state index in [0.29, 0.717) is 0 Å². The summed E-state index contributed by atoms with van der Waals surface area (Å²) in [6.07, 6.45) is 9.87. The van der Waals surface area contributed by atoms with Gasteiger partial charge in [-0.3, -0.25) is 9.69 Å². The second-order valence-electron chi connectivity index (χ2n) is 6.05. The molecule has 0 aliphatic carbocycles. The molecule has 2 fully saturated rings. The van der Waals surface area contributed by atoms with Gasteiger partial charge in [-0.1, -0.05) is 0 Å². The number of aromatic nitrogens is 2. The standard InChI is InChI=1S/C18H19N3O/c1-21-16-6-7-17(21)15(11-13-5-3-9-20-13)18(22)14(16)10-12-4-2-8-19-12/h2-5,8-11,16-17,19-20H,6-7H2,1H3/b14-10-,15-11-/t16-,17+. The molecule has 4 nitrogen and oxygen atoms in total. The first-order valence-corrected chi connectivity index (χ1v) is 7.70. The summed E-state index contributed by atoms with van der Waals surface area (Å²) in [7, 11) is 2.12. The molecule has 22 heavy (non-hydrogen) atoms. The molecule has 2 bridgehead atoms. The molecule has 0 unspecified atom stereocenters. The number of Topliss-reactive ketones (excluding diaryl/α,β-unsaturated/α-hetero) is 1. The molecule has 0 spiro atoms. The van der Waals surface area contributed by atoms with Gasteiger partial charge < -0.3 is 9.97 Å². The number of likely N-dealkylation sites (N-methyl/N-ethyl adjacent to an activating group) is 1. The predicted molar refractivity (Wildman–Crippen MR) is 87.1 cm³/mol. The topological polar surface area (TPSA) is 51.9 Å². The molecule has 2 saturated heterocycles. The summed E-state index contributed by atoms with van der Waals surface area (Å²) < 4.78 is 0. The maximum atomic E-state index is 13.0. The van der Waals surface area contributed by atoms with Crippen LogP contribution >= 0.6 is 0 Å². The lowest BCUT2D eigenvalue weighted by Gasteiger charge is -2.34. The van der Waals surface area contributed by atoms with Gasteiger partial charge in [0.25, 0.3) is 0 Å². The third-order valence-electron chi connectivity index (χ3n) is 4.81. The third kappa shape index (κ3) is 2.07. The summed E-state index contributed by atoms with van der Waals surface area (Å²) in [5, 5.41) is 0. The second-order valence-corrected chi connectivity index (χ2v) is 6.05. The van der Waals surface area contributed by atoms with Crippen molar-refractivity contribution < 1.29 is 4.79 Å². The van der Waals surface area contributed by atoms with Crippen molar-refractivity contribution in [3.8, 4) is 0 Å². The number of ketones is 1. The summed E-state index contributed by atoms with van der Waals surface area (Å²) in [6.45, 7) is 0. The molecule has 0 amide bonds. The summed E-state index contributed by atoms with van der Waals surface area (Å²) in [5.74, 6) is 0.190. The normalized spacial score (nSPS) is 28.9. The van der Waals surface area contributed by atoms with Crippen LogP contribution in [0.2, 0.25) is 0 Å². The number of carbonyl (C=O) groups excluding carboxylic acids is 1. The van der Waals surface area contributed by atoms with Crippen LogP contribution in [0.5, 0.6) is 0 Å². The van der Waals surface area contributed by atoms with Crippen LogP contribution in [-0.2, 0) is 4.79 Å². The Hall–Kier alpha value is -2.33. The highest BCUT2D eigenvalue weighted by Gasteiger charge is 2.44. The number of H-pyrrole nitrogens is 2. The Bertz CT molecular complexity index is 675. The first kappa shape index (κ1) is 13.3. The third-order valence-corrected chi connectivity index (χ3v) is 4.81. The van der Waals surface area contributed by atoms with Gasteiger partial charge in [0, 0.05) is 47.0 Å². The van der Waals surface area contributed by atoms with E-state index < -0.39 is 0 Å². The molecule has 2 aromatic heterocycles. The van der Waals surface area contributed by atoms with E-state index in [0.717, 1.165) is 35.4 Å². The van der Waals surface area contributed by atoms with Gasteiger partial charge in [0.2, 0.25) is 0 Å². The first-order valence-electron chi connectivity index (χ1n) is 7.70. The summed E-state index contributed by atoms with van der Waals surface area (Å²) in [4.78, 5) is 21.7. The van der Waals surface area contributed by atoms with Crippen LogP contribution in [-0.4, -0.2) is 39.8 Å². The number of carbonyl (C=O) groups is 1. The molecule has 0 saturated carbocycles. The molecule has 0 radical (unpaired) electrons. The van der Waals surface area contributed by atoms with E-state index in [-0.39, 0.29) is 17.9 Å². The zero-order chi connectivity index (χ0) is 15.1. The van der Waals surface area contributed by atoms with Crippen molar-refractivity contribution in [2.24, 2.45) is 0 Å². The Balaban J connectivity index is 1.79. The lowest BCUT2D eigenvalue weighted by molar-refractivity contribution is -0.114. The Labute approximate surface area is 129 Å². The molecular weight excluding hydrogens is 274 g/mol. The van der Waals surface area contributed by atoms with Gasteiger partial charge in [-0.15, -0.1) is 0 Å². The Morgan fingerprint density at radius 3 is 1.91 bits per heavy atom. The van der Waals surface area contributed by atoms with Gasteiger partial charge in [-0.2, -0.15) is 0 Å². The molecule has 4 heterocycles. The molecule has 2 aliphatic heterocycles. The number of nitrogens with zero attached hydrogens (tertiary/aromatic N) is 1. The predicted octanol–water partition coefficient (Wildman–Crippen LogP) is 2.86. The maximum absolute atomic E-state index is 13.0. The maximum Gasteiger partial charge on any atom is 0.188 e. The number of rotatable bonds is 2. The van der Waals surface area contributed by atoms with Crippen LogP contribution in [0.15, 0.2) is 47.8 Å². The van der Waals surface area contributed by atoms with Crippen molar-refractivity contribution in [2.75, 3.05) is 7.05 Å². The van der Waals surface area contributed by atoms with E-state index in [9.17, 15) is 4.79 Å². The quantitative estimate of drug-likeness (QED) is 0.837. The number of hydrogen-bond acceptors (Lipinski definition) is 2. The van der Waals surface area contributed by atoms with Crippen LogP contribution in [0.25, 0.3) is 12.2 Å². The van der Waals surface area contributed by atoms with Gasteiger partial charge >= 0.3 is 0 Å². The van der Waals surface area contributed by atoms with Crippen molar-refractivity contribution in [3.63, 3.8) is 0 Å². The number of nitrogens with one attached hydrogen (secondary N) is 2. The average molecular weight is 293 g/mol. The number of hydrogen-bond donors (Lipinski definition) is 2. The van der Waals surface area contributed by atoms with E-state index >= 15 is 0 Å². The lowest BCUT2D eigenvalue weighted by Crippen LogP contribution is -2.43. The summed E-state index contributed by atoms with van der Waals surface area (Å²) in [6, 6.07) is 8.38. The average Bonchev–Trinajstić information content (AvgIpc) is 3.22. The molecule has 2 aliphatic rings. The van der Waals surface area contributed by atoms with Crippen LogP contribution in [0.4, 0.5) is 0 Å². The van der Waals surface area contributed by atoms with Crippen molar-refractivity contribution in [1.29, 1.82) is 0 Å². The fourth-order valence-electron chi connectivity index (χ4n) is 3.69. The molecule has 4 rings (SSSR count). The van der Waals surface area contributed by atoms with Crippen molar-refractivity contribution in [3.05, 3.63) is 59.2 Å². The lowest BCUT2D eigenvalue weighted by atomic mass is 9.89. The van der Waals surface area contributed by atoms with E-state index in [1.165, 1.54) is 0 Å². The molecular formula is C18H19N3O. The smallest absolute Gasteiger partial charge is 0.188 e. The van der Waals surface area contributed by atoms with Crippen LogP contribution < -0.4 is 0 Å². The van der Waals surface area contributed by atoms with Crippen LogP contribution in [0, 0.1) is 0 Å². The largest absolute Gasteiger partial charge is 0.362 e. The fraction of sp³-hybridized carbons (Fsp3) is 0.278. The zero-order valence-electron chi connectivity index (χ0n) is 12.5. The summed E-state index contributed by atoms with van der Waals surface area (Å²) in [5.41, 5.74) is 3.77. The number of fused-ring (bicyclic) bond motifs is 2. The van der Waals surface area contributed by atoms with Crippen molar-refractivity contribution in [1.82, 2.24) is 14.9 Å². The fourth-order valence-corrected chi connectivity index (χ4v) is 3.69. The van der Waals surface area contributed by atoms with E-state index in [1.54, 1.807) is 0 Å². The minimum Gasteiger partial charge on any atom is -0.362 e. The minimum absolute atomic E-state index is 0.190. The molecule has 4 heteroatoms. The van der Waals surface area contributed by atoms with Gasteiger partial charge in [0.1, 0.15) is 0 Å². The number of piperidine rings is 1. The number of aromatic amines is 2. The minimum atomic E-state index is 0.190. The summed E-state index contributed by atoms with van der Waals surface area (Å²) >= 11 is 0. The van der Waals surface area contributed by atoms with Crippen molar-refractivity contribution >= 4 is 17.9 Å². The van der Waals surface area contributed by atoms with Crippen LogP contribution in [0.1, 0.15) is 24.2 Å². The van der Waals surface area contributed by atoms with Crippen molar-refractivity contribution in [2.45, 2.75) is 24.9 Å². The highest BCUT2D eigenvalue weighted by molar-refractivity contribution is 6.16. The SMILES string of the molecule is CN1[C@@H]2CC[C@H]1/C(=C/c1ccc[nH]1)C(=O)/C2=C\c1ccc[nH]1. The Kier molecular flexibility index (Phi) is 3.12. The highest BCUT2D eigenvalue weighted by Crippen LogP contribution is 2.40. The Morgan fingerprint density at radius 1 is 1.00 bits per heavy atom. The molecule has 2 N–H and O–H groups in total. The Morgan fingerprint density at radius 2 is 1.50 bits per heavy atom. The molecule has 2 aromatic rings. The van der Waals surface area contributed by atoms with Gasteiger partial charge in [-0.05, 0) is 56.3 Å². The molecule has 2 atom stereocenters. The van der Waals surface area contributed by atoms with Gasteiger partial charge in [0.05, 0.1) is 0 Å². The van der Waals surface area contributed by atoms with Gasteiger partial charge in [-0.25, -0.2) is 0 Å². The highest BCUT2D eigenvalue weighted by atomic mass is 16.1. The van der Waals surface area contributed by atoms with Crippen LogP contribution in [0.3, 0.4) is 0 Å². The van der Waals surface area contributed by atoms with E-state index in [2.05, 4.69) is 21.9 Å². The van der Waals surface area contributed by atoms with E-state index in [4.69, 9.17) is 0 Å². The zero-order valence-corrected chi connectivity index (χ0v) is 12.5. The molecule has 112 valence electrons. The second kappa shape index (κ2) is 5.14. The molecule has 0 aromatic carbocycles. The van der Waals surface area contributed by atoms with Gasteiger partial charge in [0.15, 0.2) is 5.78 Å². The first-order chi connectivity index (χ1) is 10.7. The monoisotopic (exact) mass is 293 g/mol.